The molecule has 0 spiro atoms. The Morgan fingerprint density at radius 3 is 2.45 bits per heavy atom. The van der Waals surface area contributed by atoms with Crippen molar-refractivity contribution >= 4 is 76.4 Å². The molecular weight excluding hydrogens is 573 g/mol. The van der Waals surface area contributed by atoms with Gasteiger partial charge < -0.3 is 15.0 Å². The minimum atomic E-state index is -0.438. The Labute approximate surface area is 248 Å². The van der Waals surface area contributed by atoms with Crippen LogP contribution in [0.25, 0.3) is 17.0 Å². The number of halogens is 3. The van der Waals surface area contributed by atoms with E-state index in [1.165, 1.54) is 11.0 Å². The van der Waals surface area contributed by atoms with E-state index < -0.39 is 5.91 Å². The Kier molecular flexibility index (Phi) is 10.7. The zero-order valence-corrected chi connectivity index (χ0v) is 24.0. The van der Waals surface area contributed by atoms with Gasteiger partial charge in [-0.05, 0) is 42.8 Å². The maximum absolute atomic E-state index is 12.8. The molecule has 40 heavy (non-hydrogen) atoms. The topological polar surface area (TPSA) is 88.6 Å². The van der Waals surface area contributed by atoms with E-state index in [9.17, 15) is 14.4 Å². The Morgan fingerprint density at radius 2 is 1.73 bits per heavy atom. The predicted molar refractivity (Wildman–Crippen MR) is 162 cm³/mol. The van der Waals surface area contributed by atoms with E-state index in [1.807, 2.05) is 37.3 Å². The molecule has 1 aromatic heterocycles. The van der Waals surface area contributed by atoms with Gasteiger partial charge in [-0.3, -0.25) is 14.4 Å². The second-order valence-electron chi connectivity index (χ2n) is 8.72. The number of amides is 2. The second-order valence-corrected chi connectivity index (χ2v) is 9.50. The SMILES string of the molecule is Cc1ccc2cccc(OCc3c(Cl)ccc(N(C)C(=O)CNC(=O)/C=C/c4ccc(C=O)cc4)c3Cl)c2n1.Cl. The van der Waals surface area contributed by atoms with E-state index in [-0.39, 0.29) is 36.5 Å². The minimum Gasteiger partial charge on any atom is -0.487 e. The van der Waals surface area contributed by atoms with Gasteiger partial charge in [-0.1, -0.05) is 65.7 Å². The summed E-state index contributed by atoms with van der Waals surface area (Å²) in [5, 5.41) is 4.18. The lowest BCUT2D eigenvalue weighted by Gasteiger charge is -2.21. The molecule has 7 nitrogen and oxygen atoms in total. The number of para-hydroxylation sites is 1. The van der Waals surface area contributed by atoms with Crippen LogP contribution in [0.4, 0.5) is 5.69 Å². The average molecular weight is 599 g/mol. The van der Waals surface area contributed by atoms with Gasteiger partial charge in [-0.15, -0.1) is 12.4 Å². The first-order chi connectivity index (χ1) is 18.8. The number of nitrogens with zero attached hydrogens (tertiary/aromatic N) is 2. The lowest BCUT2D eigenvalue weighted by molar-refractivity contribution is -0.122. The van der Waals surface area contributed by atoms with Crippen molar-refractivity contribution in [2.45, 2.75) is 13.5 Å². The van der Waals surface area contributed by atoms with Crippen molar-refractivity contribution in [3.05, 3.63) is 105 Å². The minimum absolute atomic E-state index is 0. The number of anilines is 1. The normalized spacial score (nSPS) is 10.7. The second kappa shape index (κ2) is 13.9. The number of carbonyl (C=O) groups is 3. The first-order valence-corrected chi connectivity index (χ1v) is 12.8. The summed E-state index contributed by atoms with van der Waals surface area (Å²) in [4.78, 5) is 41.7. The number of hydrogen-bond donors (Lipinski definition) is 1. The summed E-state index contributed by atoms with van der Waals surface area (Å²) in [6.45, 7) is 1.74. The lowest BCUT2D eigenvalue weighted by Crippen LogP contribution is -2.37. The van der Waals surface area contributed by atoms with Gasteiger partial charge in [-0.2, -0.15) is 0 Å². The monoisotopic (exact) mass is 597 g/mol. The van der Waals surface area contributed by atoms with Gasteiger partial charge in [0.1, 0.15) is 24.2 Å². The molecule has 4 rings (SSSR count). The van der Waals surface area contributed by atoms with Gasteiger partial charge in [0, 0.05) is 40.4 Å². The number of aromatic nitrogens is 1. The third kappa shape index (κ3) is 7.39. The summed E-state index contributed by atoms with van der Waals surface area (Å²) < 4.78 is 6.06. The predicted octanol–water partition coefficient (Wildman–Crippen LogP) is 6.46. The van der Waals surface area contributed by atoms with Crippen LogP contribution in [0.15, 0.2) is 72.8 Å². The van der Waals surface area contributed by atoms with Gasteiger partial charge >= 0.3 is 0 Å². The zero-order valence-electron chi connectivity index (χ0n) is 21.7. The fraction of sp³-hybridized carbons (Fsp3) is 0.133. The third-order valence-electron chi connectivity index (χ3n) is 6.01. The summed E-state index contributed by atoms with van der Waals surface area (Å²) >= 11 is 13.1. The molecule has 0 radical (unpaired) electrons. The number of hydrogen-bond acceptors (Lipinski definition) is 5. The van der Waals surface area contributed by atoms with Crippen molar-refractivity contribution < 1.29 is 19.1 Å². The third-order valence-corrected chi connectivity index (χ3v) is 6.78. The van der Waals surface area contributed by atoms with Crippen LogP contribution in [-0.2, 0) is 16.2 Å². The van der Waals surface area contributed by atoms with Crippen LogP contribution in [0.2, 0.25) is 10.0 Å². The van der Waals surface area contributed by atoms with Gasteiger partial charge in [0.2, 0.25) is 11.8 Å². The summed E-state index contributed by atoms with van der Waals surface area (Å²) in [5.74, 6) is -0.225. The van der Waals surface area contributed by atoms with Crippen molar-refractivity contribution in [2.24, 2.45) is 0 Å². The number of pyridine rings is 1. The van der Waals surface area contributed by atoms with Gasteiger partial charge in [0.25, 0.3) is 0 Å². The van der Waals surface area contributed by atoms with Crippen LogP contribution in [0, 0.1) is 6.92 Å². The Bertz CT molecular complexity index is 1570. The quantitative estimate of drug-likeness (QED) is 0.177. The molecule has 0 aliphatic carbocycles. The highest BCUT2D eigenvalue weighted by Gasteiger charge is 2.19. The largest absolute Gasteiger partial charge is 0.487 e. The molecule has 2 amide bonds. The molecular formula is C30H26Cl3N3O4. The summed E-state index contributed by atoms with van der Waals surface area (Å²) in [6.07, 6.45) is 3.65. The fourth-order valence-electron chi connectivity index (χ4n) is 3.79. The maximum Gasteiger partial charge on any atom is 0.246 e. The number of ether oxygens (including phenoxy) is 1. The number of aldehydes is 1. The highest BCUT2D eigenvalue weighted by molar-refractivity contribution is 6.38. The molecule has 0 saturated heterocycles. The number of nitrogens with one attached hydrogen (secondary N) is 1. The molecule has 3 aromatic carbocycles. The molecule has 0 aliphatic heterocycles. The number of fused-ring (bicyclic) bond motifs is 1. The average Bonchev–Trinajstić information content (AvgIpc) is 2.94. The van der Waals surface area contributed by atoms with Gasteiger partial charge in [0.05, 0.1) is 17.3 Å². The van der Waals surface area contributed by atoms with Crippen molar-refractivity contribution in [2.75, 3.05) is 18.5 Å². The fourth-order valence-corrected chi connectivity index (χ4v) is 4.40. The Balaban J connectivity index is 0.00000441. The number of carbonyl (C=O) groups excluding carboxylic acids is 3. The van der Waals surface area contributed by atoms with Crippen LogP contribution in [-0.4, -0.2) is 36.7 Å². The van der Waals surface area contributed by atoms with E-state index in [0.717, 1.165) is 28.4 Å². The molecule has 0 unspecified atom stereocenters. The van der Waals surface area contributed by atoms with Gasteiger partial charge in [0.15, 0.2) is 0 Å². The molecule has 206 valence electrons. The maximum atomic E-state index is 12.8. The molecule has 0 bridgehead atoms. The number of likely N-dealkylation sites (N-methyl/N-ethyl adjacent to an activating group) is 1. The van der Waals surface area contributed by atoms with Crippen molar-refractivity contribution in [3.63, 3.8) is 0 Å². The highest BCUT2D eigenvalue weighted by atomic mass is 35.5. The highest BCUT2D eigenvalue weighted by Crippen LogP contribution is 2.35. The first-order valence-electron chi connectivity index (χ1n) is 12.0. The molecule has 1 heterocycles. The van der Waals surface area contributed by atoms with Crippen molar-refractivity contribution in [1.82, 2.24) is 10.3 Å². The summed E-state index contributed by atoms with van der Waals surface area (Å²) in [5.41, 5.74) is 3.84. The Hall–Kier alpha value is -3.91. The van der Waals surface area contributed by atoms with Crippen molar-refractivity contribution in [3.8, 4) is 5.75 Å². The van der Waals surface area contributed by atoms with E-state index in [0.29, 0.717) is 27.6 Å². The molecule has 0 saturated carbocycles. The number of rotatable bonds is 9. The molecule has 1 N–H and O–H groups in total. The first kappa shape index (κ1) is 30.6. The number of benzene rings is 3. The van der Waals surface area contributed by atoms with E-state index in [2.05, 4.69) is 10.3 Å². The lowest BCUT2D eigenvalue weighted by atomic mass is 10.1. The summed E-state index contributed by atoms with van der Waals surface area (Å²) in [6, 6.07) is 19.6. The van der Waals surface area contributed by atoms with Crippen LogP contribution >= 0.6 is 35.6 Å². The van der Waals surface area contributed by atoms with E-state index in [4.69, 9.17) is 27.9 Å². The Morgan fingerprint density at radius 1 is 1.00 bits per heavy atom. The zero-order chi connectivity index (χ0) is 27.9. The molecule has 4 aromatic rings. The van der Waals surface area contributed by atoms with Crippen molar-refractivity contribution in [1.29, 1.82) is 0 Å². The standard InChI is InChI=1S/C30H25Cl2N3O4.ClH/c1-19-6-12-22-4-3-5-26(30(22)34-19)39-18-23-24(31)13-14-25(29(23)32)35(2)28(38)16-33-27(37)15-11-20-7-9-21(17-36)10-8-20;/h3-15,17H,16,18H2,1-2H3,(H,33,37);1H/b15-11+;. The van der Waals surface area contributed by atoms with Crippen LogP contribution < -0.4 is 15.0 Å². The molecule has 0 aliphatic rings. The van der Waals surface area contributed by atoms with Crippen LogP contribution in [0.3, 0.4) is 0 Å². The van der Waals surface area contributed by atoms with Crippen LogP contribution in [0.1, 0.15) is 27.2 Å². The smallest absolute Gasteiger partial charge is 0.246 e. The molecule has 0 fully saturated rings. The van der Waals surface area contributed by atoms with E-state index >= 15 is 0 Å². The van der Waals surface area contributed by atoms with Gasteiger partial charge in [-0.25, -0.2) is 4.98 Å². The summed E-state index contributed by atoms with van der Waals surface area (Å²) in [7, 11) is 1.57. The molecule has 0 atom stereocenters. The van der Waals surface area contributed by atoms with Crippen LogP contribution in [0.5, 0.6) is 5.75 Å². The number of aryl methyl sites for hydroxylation is 1. The van der Waals surface area contributed by atoms with E-state index in [1.54, 1.807) is 49.5 Å². The molecule has 10 heteroatoms.